The fourth-order valence-electron chi connectivity index (χ4n) is 8.86. The molecule has 0 spiro atoms. The van der Waals surface area contributed by atoms with Gasteiger partial charge >= 0.3 is 5.97 Å². The van der Waals surface area contributed by atoms with Crippen LogP contribution in [-0.4, -0.2) is 102 Å². The molecule has 2 aromatic heterocycles. The minimum absolute atomic E-state index is 0.00644. The van der Waals surface area contributed by atoms with Gasteiger partial charge in [0.15, 0.2) is 0 Å². The van der Waals surface area contributed by atoms with E-state index in [9.17, 15) is 14.4 Å². The maximum atomic E-state index is 14.4. The van der Waals surface area contributed by atoms with E-state index in [1.807, 2.05) is 26.1 Å². The minimum Gasteiger partial charge on any atom is -0.464 e. The van der Waals surface area contributed by atoms with E-state index < -0.39 is 23.5 Å². The number of hydrazine groups is 1. The summed E-state index contributed by atoms with van der Waals surface area (Å²) in [5.41, 5.74) is 11.1. The van der Waals surface area contributed by atoms with E-state index >= 15 is 0 Å². The standard InChI is InChI=1S/C44H58N6O6/c1-9-49-37-17-15-29-20-33(37)34(40(49)32-12-10-18-45-39(32)28(4)55-8)21-44(5,6)25-56-43(53)35-13-11-19-50(47-35)42(52)36(46-41(51)38-26(2)27(38)3)23-48-22-30(29)14-16-31(48)24-54-7/h10,12,14-15,17-18,20,27-28,31,35-36,38,47H,2,9,11,13,16,19,21-25H2,1,3-8H3,(H,46,51)/t27-,28-,31+,35-,36?,38-/m0/s1. The Hall–Kier alpha value is -4.36. The molecule has 1 aromatic carbocycles. The number of esters is 1. The molecule has 2 amide bonds. The van der Waals surface area contributed by atoms with Crippen molar-refractivity contribution in [2.45, 2.75) is 91.1 Å². The number of carbonyl (C=O) groups excluding carboxylic acids is 3. The molecule has 1 saturated heterocycles. The summed E-state index contributed by atoms with van der Waals surface area (Å²) in [6.07, 6.45) is 6.39. The van der Waals surface area contributed by atoms with Crippen molar-refractivity contribution < 1.29 is 28.6 Å². The number of aromatic nitrogens is 2. The van der Waals surface area contributed by atoms with Crippen LogP contribution in [0.5, 0.6) is 0 Å². The van der Waals surface area contributed by atoms with Gasteiger partial charge in [0.25, 0.3) is 5.91 Å². The fourth-order valence-corrected chi connectivity index (χ4v) is 8.86. The Morgan fingerprint density at radius 3 is 2.71 bits per heavy atom. The van der Waals surface area contributed by atoms with Crippen molar-refractivity contribution in [3.63, 3.8) is 0 Å². The van der Waals surface area contributed by atoms with Gasteiger partial charge in [-0.3, -0.25) is 29.3 Å². The number of carbonyl (C=O) groups is 3. The van der Waals surface area contributed by atoms with Gasteiger partial charge in [0.2, 0.25) is 5.91 Å². The van der Waals surface area contributed by atoms with E-state index in [4.69, 9.17) is 19.2 Å². The van der Waals surface area contributed by atoms with Crippen molar-refractivity contribution in [2.24, 2.45) is 17.3 Å². The van der Waals surface area contributed by atoms with Crippen molar-refractivity contribution in [3.8, 4) is 11.3 Å². The number of ether oxygens (including phenoxy) is 3. The van der Waals surface area contributed by atoms with E-state index in [0.29, 0.717) is 39.0 Å². The summed E-state index contributed by atoms with van der Waals surface area (Å²) in [7, 11) is 3.40. The normalized spacial score (nSPS) is 27.3. The quantitative estimate of drug-likeness (QED) is 0.227. The Balaban J connectivity index is 1.36. The van der Waals surface area contributed by atoms with Gasteiger partial charge in [0.1, 0.15) is 12.1 Å². The van der Waals surface area contributed by atoms with Gasteiger partial charge in [-0.05, 0) is 86.4 Å². The first-order valence-electron chi connectivity index (χ1n) is 20.1. The number of nitrogens with one attached hydrogen (secondary N) is 2. The molecular formula is C44H58N6O6. The first kappa shape index (κ1) is 39.9. The highest BCUT2D eigenvalue weighted by molar-refractivity contribution is 5.95. The van der Waals surface area contributed by atoms with Crippen molar-refractivity contribution in [1.82, 2.24) is 30.2 Å². The predicted octanol–water partition coefficient (Wildman–Crippen LogP) is 5.46. The van der Waals surface area contributed by atoms with Crippen LogP contribution in [0.4, 0.5) is 0 Å². The van der Waals surface area contributed by atoms with Crippen molar-refractivity contribution >= 4 is 34.3 Å². The molecule has 6 bridgehead atoms. The number of benzene rings is 1. The van der Waals surface area contributed by atoms with Crippen LogP contribution < -0.4 is 10.7 Å². The Morgan fingerprint density at radius 1 is 1.21 bits per heavy atom. The lowest BCUT2D eigenvalue weighted by Crippen LogP contribution is -2.62. The third-order valence-electron chi connectivity index (χ3n) is 12.3. The van der Waals surface area contributed by atoms with Crippen LogP contribution >= 0.6 is 0 Å². The monoisotopic (exact) mass is 766 g/mol. The highest BCUT2D eigenvalue weighted by Gasteiger charge is 2.46. The van der Waals surface area contributed by atoms with Gasteiger partial charge in [0, 0.05) is 74.5 Å². The number of fused-ring (bicyclic) bond motifs is 6. The lowest BCUT2D eigenvalue weighted by Gasteiger charge is -2.40. The molecule has 2 N–H and O–H groups in total. The van der Waals surface area contributed by atoms with E-state index in [-0.39, 0.29) is 48.9 Å². The summed E-state index contributed by atoms with van der Waals surface area (Å²) >= 11 is 0. The molecule has 5 heterocycles. The first-order valence-corrected chi connectivity index (χ1v) is 20.1. The maximum Gasteiger partial charge on any atom is 0.324 e. The summed E-state index contributed by atoms with van der Waals surface area (Å²) in [4.78, 5) is 48.8. The number of hydrogen-bond donors (Lipinski definition) is 2. The van der Waals surface area contributed by atoms with Gasteiger partial charge in [-0.15, -0.1) is 0 Å². The third-order valence-corrected chi connectivity index (χ3v) is 12.3. The summed E-state index contributed by atoms with van der Waals surface area (Å²) in [5, 5.41) is 5.75. The second-order valence-corrected chi connectivity index (χ2v) is 16.8. The molecule has 300 valence electrons. The SMILES string of the molecule is C=C1[C@H](C(=O)NC2CN3CC(=CC[C@@H]3COC)c3ccc4c(c3)c(c(-c3cccnc3[C@H](C)OC)n4CC)CC(C)(C)COC(=O)[C@@H]3CCCN(N3)C2=O)[C@H]1C. The second-order valence-electron chi connectivity index (χ2n) is 16.8. The summed E-state index contributed by atoms with van der Waals surface area (Å²) in [5.74, 6) is -1.11. The van der Waals surface area contributed by atoms with Gasteiger partial charge in [-0.1, -0.05) is 45.1 Å². The van der Waals surface area contributed by atoms with E-state index in [1.54, 1.807) is 14.2 Å². The third kappa shape index (κ3) is 7.81. The molecule has 4 aliphatic rings. The molecule has 3 aromatic rings. The van der Waals surface area contributed by atoms with Crippen molar-refractivity contribution in [3.05, 3.63) is 71.6 Å². The largest absolute Gasteiger partial charge is 0.464 e. The number of nitrogens with zero attached hydrogens (tertiary/aromatic N) is 4. The van der Waals surface area contributed by atoms with E-state index in [2.05, 4.69) is 77.9 Å². The summed E-state index contributed by atoms with van der Waals surface area (Å²) in [6.45, 7) is 17.1. The first-order chi connectivity index (χ1) is 26.8. The summed E-state index contributed by atoms with van der Waals surface area (Å²) in [6, 6.07) is 9.25. The van der Waals surface area contributed by atoms with E-state index in [1.165, 1.54) is 10.6 Å². The second kappa shape index (κ2) is 16.2. The average molecular weight is 767 g/mol. The minimum atomic E-state index is -0.861. The van der Waals surface area contributed by atoms with Gasteiger partial charge < -0.3 is 24.1 Å². The molecule has 7 rings (SSSR count). The van der Waals surface area contributed by atoms with Gasteiger partial charge in [-0.2, -0.15) is 0 Å². The number of hydrogen-bond acceptors (Lipinski definition) is 9. The Bertz CT molecular complexity index is 2040. The van der Waals surface area contributed by atoms with Crippen LogP contribution in [0.1, 0.15) is 76.8 Å². The van der Waals surface area contributed by atoms with Crippen molar-refractivity contribution in [1.29, 1.82) is 0 Å². The number of cyclic esters (lactones) is 1. The zero-order valence-electron chi connectivity index (χ0n) is 34.0. The molecule has 0 radical (unpaired) electrons. The van der Waals surface area contributed by atoms with Crippen molar-refractivity contribution in [2.75, 3.05) is 47.1 Å². The average Bonchev–Trinajstić information content (AvgIpc) is 3.69. The van der Waals surface area contributed by atoms with Crippen LogP contribution in [0.2, 0.25) is 0 Å². The lowest BCUT2D eigenvalue weighted by molar-refractivity contribution is -0.155. The van der Waals surface area contributed by atoms with Crippen LogP contribution in [-0.2, 0) is 41.6 Å². The van der Waals surface area contributed by atoms with Crippen LogP contribution in [0.25, 0.3) is 27.7 Å². The molecule has 12 nitrogen and oxygen atoms in total. The molecule has 3 aliphatic heterocycles. The highest BCUT2D eigenvalue weighted by Crippen LogP contribution is 2.44. The molecular weight excluding hydrogens is 709 g/mol. The number of pyridine rings is 1. The fraction of sp³-hybridized carbons (Fsp3) is 0.545. The zero-order valence-corrected chi connectivity index (χ0v) is 34.0. The Kier molecular flexibility index (Phi) is 11.6. The van der Waals surface area contributed by atoms with Gasteiger partial charge in [-0.25, -0.2) is 5.43 Å². The molecule has 2 fully saturated rings. The van der Waals surface area contributed by atoms with Crippen LogP contribution in [0.3, 0.4) is 0 Å². The Labute approximate surface area is 330 Å². The maximum absolute atomic E-state index is 14.4. The highest BCUT2D eigenvalue weighted by atomic mass is 16.5. The molecule has 2 unspecified atom stereocenters. The summed E-state index contributed by atoms with van der Waals surface area (Å²) < 4.78 is 20.0. The number of rotatable bonds is 8. The zero-order chi connectivity index (χ0) is 39.9. The molecule has 1 aliphatic carbocycles. The number of aryl methyl sites for hydroxylation is 1. The number of methoxy groups -OCH3 is 2. The van der Waals surface area contributed by atoms with Gasteiger partial charge in [0.05, 0.1) is 36.6 Å². The van der Waals surface area contributed by atoms with E-state index in [0.717, 1.165) is 57.5 Å². The van der Waals surface area contributed by atoms with Crippen LogP contribution in [0, 0.1) is 17.3 Å². The molecule has 7 atom stereocenters. The molecule has 12 heteroatoms. The topological polar surface area (TPSA) is 127 Å². The Morgan fingerprint density at radius 2 is 2.00 bits per heavy atom. The lowest BCUT2D eigenvalue weighted by atomic mass is 9.84. The number of amides is 2. The molecule has 1 saturated carbocycles. The van der Waals surface area contributed by atoms with Crippen LogP contribution in [0.15, 0.2) is 54.8 Å². The predicted molar refractivity (Wildman–Crippen MR) is 216 cm³/mol. The molecule has 56 heavy (non-hydrogen) atoms. The smallest absolute Gasteiger partial charge is 0.324 e.